The third-order valence-corrected chi connectivity index (χ3v) is 4.76. The monoisotopic (exact) mass is 396 g/mol. The van der Waals surface area contributed by atoms with Gasteiger partial charge < -0.3 is 10.1 Å². The van der Waals surface area contributed by atoms with Gasteiger partial charge in [-0.2, -0.15) is 0 Å². The first-order valence-electron chi connectivity index (χ1n) is 9.00. The second-order valence-corrected chi connectivity index (χ2v) is 8.41. The van der Waals surface area contributed by atoms with Crippen molar-refractivity contribution in [3.8, 4) is 11.5 Å². The van der Waals surface area contributed by atoms with Crippen molar-refractivity contribution in [3.05, 3.63) is 59.9 Å². The molecule has 0 fully saturated rings. The van der Waals surface area contributed by atoms with Crippen molar-refractivity contribution in [3.63, 3.8) is 0 Å². The molecule has 146 valence electrons. The number of benzene rings is 2. The number of aryl methyl sites for hydroxylation is 1. The number of amides is 1. The topological polar surface area (TPSA) is 79.9 Å². The van der Waals surface area contributed by atoms with Gasteiger partial charge in [0.1, 0.15) is 11.6 Å². The highest BCUT2D eigenvalue weighted by atomic mass is 32.2. The van der Waals surface area contributed by atoms with Crippen LogP contribution in [0.2, 0.25) is 0 Å². The Balaban J connectivity index is 1.61. The van der Waals surface area contributed by atoms with Crippen LogP contribution in [0.1, 0.15) is 32.2 Å². The summed E-state index contributed by atoms with van der Waals surface area (Å²) in [6.45, 7) is 8.19. The van der Waals surface area contributed by atoms with E-state index in [0.717, 1.165) is 17.1 Å². The second-order valence-electron chi connectivity index (χ2n) is 7.46. The summed E-state index contributed by atoms with van der Waals surface area (Å²) in [5, 5.41) is 10.5. The maximum atomic E-state index is 12.4. The summed E-state index contributed by atoms with van der Waals surface area (Å²) < 4.78 is 5.92. The number of aromatic amines is 1. The number of anilines is 1. The van der Waals surface area contributed by atoms with E-state index in [2.05, 4.69) is 41.3 Å². The molecule has 0 unspecified atom stereocenters. The lowest BCUT2D eigenvalue weighted by molar-refractivity contribution is -0.113. The number of carbonyl (C=O) groups is 1. The number of thioether (sulfide) groups is 1. The average Bonchev–Trinajstić information content (AvgIpc) is 3.13. The summed E-state index contributed by atoms with van der Waals surface area (Å²) in [6.07, 6.45) is 0. The third-order valence-electron chi connectivity index (χ3n) is 3.92. The standard InChI is InChI=1S/C21H24N4O2S/c1-14-9-11-15(12-10-14)27-17-8-6-5-7-16(17)22-18(26)13-28-20-23-19(24-25-20)21(2,3)4/h5-12H,13H2,1-4H3,(H,22,26)(H,23,24,25). The Labute approximate surface area is 169 Å². The van der Waals surface area contributed by atoms with Crippen LogP contribution < -0.4 is 10.1 Å². The molecule has 0 bridgehead atoms. The molecule has 6 nitrogen and oxygen atoms in total. The number of H-pyrrole nitrogens is 1. The molecule has 2 aromatic carbocycles. The van der Waals surface area contributed by atoms with Crippen LogP contribution in [0.4, 0.5) is 5.69 Å². The smallest absolute Gasteiger partial charge is 0.234 e. The van der Waals surface area contributed by atoms with Crippen LogP contribution in [0.25, 0.3) is 0 Å². The number of nitrogens with one attached hydrogen (secondary N) is 2. The lowest BCUT2D eigenvalue weighted by Crippen LogP contribution is -2.15. The minimum atomic E-state index is -0.146. The number of para-hydroxylation sites is 2. The van der Waals surface area contributed by atoms with E-state index >= 15 is 0 Å². The predicted octanol–water partition coefficient (Wildman–Crippen LogP) is 4.93. The largest absolute Gasteiger partial charge is 0.455 e. The molecule has 1 heterocycles. The number of nitrogens with zero attached hydrogens (tertiary/aromatic N) is 2. The molecular weight excluding hydrogens is 372 g/mol. The minimum absolute atomic E-state index is 0.111. The average molecular weight is 397 g/mol. The molecule has 28 heavy (non-hydrogen) atoms. The molecule has 0 radical (unpaired) electrons. The van der Waals surface area contributed by atoms with Gasteiger partial charge in [0.15, 0.2) is 5.75 Å². The number of aromatic nitrogens is 3. The van der Waals surface area contributed by atoms with Gasteiger partial charge in [-0.25, -0.2) is 4.98 Å². The molecular formula is C21H24N4O2S. The Morgan fingerprint density at radius 1 is 1.14 bits per heavy atom. The third kappa shape index (κ3) is 5.36. The Morgan fingerprint density at radius 2 is 1.86 bits per heavy atom. The predicted molar refractivity (Wildman–Crippen MR) is 112 cm³/mol. The van der Waals surface area contributed by atoms with E-state index in [1.807, 2.05) is 55.5 Å². The fourth-order valence-electron chi connectivity index (χ4n) is 2.35. The van der Waals surface area contributed by atoms with Gasteiger partial charge in [0.25, 0.3) is 0 Å². The van der Waals surface area contributed by atoms with Gasteiger partial charge in [0.2, 0.25) is 11.1 Å². The zero-order valence-electron chi connectivity index (χ0n) is 16.4. The molecule has 0 atom stereocenters. The SMILES string of the molecule is Cc1ccc(Oc2ccccc2NC(=O)CSc2n[nH]c(C(C)(C)C)n2)cc1. The van der Waals surface area contributed by atoms with Crippen molar-refractivity contribution >= 4 is 23.4 Å². The number of rotatable bonds is 6. The second kappa shape index (κ2) is 8.48. The number of ether oxygens (including phenoxy) is 1. The summed E-state index contributed by atoms with van der Waals surface area (Å²) in [7, 11) is 0. The summed E-state index contributed by atoms with van der Waals surface area (Å²) in [5.74, 6) is 2.18. The highest BCUT2D eigenvalue weighted by molar-refractivity contribution is 7.99. The first-order valence-corrected chi connectivity index (χ1v) is 9.99. The van der Waals surface area contributed by atoms with Crippen LogP contribution in [0, 0.1) is 6.92 Å². The Bertz CT molecular complexity index is 946. The van der Waals surface area contributed by atoms with E-state index in [1.54, 1.807) is 0 Å². The first-order chi connectivity index (χ1) is 13.3. The van der Waals surface area contributed by atoms with Crippen LogP contribution in [0.15, 0.2) is 53.7 Å². The van der Waals surface area contributed by atoms with E-state index in [-0.39, 0.29) is 17.1 Å². The number of hydrogen-bond acceptors (Lipinski definition) is 5. The summed E-state index contributed by atoms with van der Waals surface area (Å²) in [4.78, 5) is 16.8. The Kier molecular flexibility index (Phi) is 6.04. The van der Waals surface area contributed by atoms with Gasteiger partial charge in [0, 0.05) is 5.41 Å². The lowest BCUT2D eigenvalue weighted by atomic mass is 9.96. The van der Waals surface area contributed by atoms with Crippen LogP contribution in [0.5, 0.6) is 11.5 Å². The fourth-order valence-corrected chi connectivity index (χ4v) is 2.95. The summed E-state index contributed by atoms with van der Waals surface area (Å²) >= 11 is 1.29. The van der Waals surface area contributed by atoms with Crippen molar-refractivity contribution in [2.75, 3.05) is 11.1 Å². The van der Waals surface area contributed by atoms with Crippen LogP contribution in [0.3, 0.4) is 0 Å². The molecule has 0 aliphatic carbocycles. The minimum Gasteiger partial charge on any atom is -0.455 e. The van der Waals surface area contributed by atoms with E-state index < -0.39 is 0 Å². The maximum absolute atomic E-state index is 12.4. The first kappa shape index (κ1) is 19.9. The quantitative estimate of drug-likeness (QED) is 0.577. The highest BCUT2D eigenvalue weighted by Crippen LogP contribution is 2.29. The van der Waals surface area contributed by atoms with Gasteiger partial charge in [0.05, 0.1) is 11.4 Å². The van der Waals surface area contributed by atoms with Crippen molar-refractivity contribution in [2.45, 2.75) is 38.3 Å². The molecule has 0 saturated carbocycles. The van der Waals surface area contributed by atoms with E-state index in [1.165, 1.54) is 11.8 Å². The van der Waals surface area contributed by atoms with E-state index in [0.29, 0.717) is 16.6 Å². The van der Waals surface area contributed by atoms with Crippen LogP contribution in [-0.4, -0.2) is 26.8 Å². The summed E-state index contributed by atoms with van der Waals surface area (Å²) in [6, 6.07) is 15.1. The fraction of sp³-hybridized carbons (Fsp3) is 0.286. The Morgan fingerprint density at radius 3 is 2.54 bits per heavy atom. The van der Waals surface area contributed by atoms with E-state index in [4.69, 9.17) is 4.74 Å². The van der Waals surface area contributed by atoms with Crippen molar-refractivity contribution in [1.82, 2.24) is 15.2 Å². The molecule has 7 heteroatoms. The summed E-state index contributed by atoms with van der Waals surface area (Å²) in [5.41, 5.74) is 1.67. The van der Waals surface area contributed by atoms with Gasteiger partial charge in [-0.05, 0) is 31.2 Å². The molecule has 0 spiro atoms. The van der Waals surface area contributed by atoms with Gasteiger partial charge in [-0.15, -0.1) is 5.10 Å². The zero-order chi connectivity index (χ0) is 20.1. The van der Waals surface area contributed by atoms with Gasteiger partial charge in [-0.3, -0.25) is 9.89 Å². The molecule has 2 N–H and O–H groups in total. The normalized spacial score (nSPS) is 11.3. The number of carbonyl (C=O) groups excluding carboxylic acids is 1. The van der Waals surface area contributed by atoms with Gasteiger partial charge >= 0.3 is 0 Å². The number of hydrogen-bond donors (Lipinski definition) is 2. The molecule has 0 saturated heterocycles. The van der Waals surface area contributed by atoms with Crippen LogP contribution >= 0.6 is 11.8 Å². The van der Waals surface area contributed by atoms with Crippen molar-refractivity contribution in [1.29, 1.82) is 0 Å². The molecule has 1 aromatic heterocycles. The van der Waals surface area contributed by atoms with Crippen LogP contribution in [-0.2, 0) is 10.2 Å². The molecule has 3 rings (SSSR count). The molecule has 0 aliphatic heterocycles. The zero-order valence-corrected chi connectivity index (χ0v) is 17.3. The van der Waals surface area contributed by atoms with Crippen molar-refractivity contribution < 1.29 is 9.53 Å². The van der Waals surface area contributed by atoms with E-state index in [9.17, 15) is 4.79 Å². The van der Waals surface area contributed by atoms with Crippen molar-refractivity contribution in [2.24, 2.45) is 0 Å². The molecule has 0 aliphatic rings. The maximum Gasteiger partial charge on any atom is 0.234 e. The molecule has 3 aromatic rings. The highest BCUT2D eigenvalue weighted by Gasteiger charge is 2.19. The van der Waals surface area contributed by atoms with Gasteiger partial charge in [-0.1, -0.05) is 62.4 Å². The Hall–Kier alpha value is -2.80. The lowest BCUT2D eigenvalue weighted by Gasteiger charge is -2.13. The molecule has 1 amide bonds.